The quantitative estimate of drug-likeness (QED) is 0.535. The van der Waals surface area contributed by atoms with Crippen molar-refractivity contribution in [1.29, 1.82) is 0 Å². The molecule has 0 saturated carbocycles. The van der Waals surface area contributed by atoms with Crippen molar-refractivity contribution in [3.8, 4) is 5.75 Å². The van der Waals surface area contributed by atoms with Crippen molar-refractivity contribution in [2.75, 3.05) is 7.11 Å². The summed E-state index contributed by atoms with van der Waals surface area (Å²) in [4.78, 5) is 0. The lowest BCUT2D eigenvalue weighted by molar-refractivity contribution is 0.384. The first-order valence-corrected chi connectivity index (χ1v) is 13.0. The molecule has 1 unspecified atom stereocenters. The molecular weight excluding hydrogens is 320 g/mol. The van der Waals surface area contributed by atoms with Gasteiger partial charge in [0, 0.05) is 11.0 Å². The number of benzene rings is 1. The number of ether oxygens (including phenoxy) is 1. The minimum Gasteiger partial charge on any atom is -0.496 e. The molecule has 2 heteroatoms. The topological polar surface area (TPSA) is 9.23 Å². The first-order valence-electron chi connectivity index (χ1n) is 9.38. The van der Waals surface area contributed by atoms with Gasteiger partial charge in [0.1, 0.15) is 5.75 Å². The molecule has 1 aliphatic rings. The van der Waals surface area contributed by atoms with Gasteiger partial charge < -0.3 is 4.74 Å². The van der Waals surface area contributed by atoms with Crippen LogP contribution in [0.15, 0.2) is 41.5 Å². The predicted molar refractivity (Wildman–Crippen MR) is 114 cm³/mol. The van der Waals surface area contributed by atoms with E-state index in [1.54, 1.807) is 7.11 Å². The number of hydrogen-bond donors (Lipinski definition) is 0. The van der Waals surface area contributed by atoms with Gasteiger partial charge in [0.25, 0.3) is 0 Å². The molecule has 1 aromatic carbocycles. The fourth-order valence-electron chi connectivity index (χ4n) is 4.01. The van der Waals surface area contributed by atoms with Gasteiger partial charge in [-0.25, -0.2) is 0 Å². The standard InChI is InChI=1S/C23H36OSi/c1-16-14-17(15-20(16)25(8,9)10)23(5,6)19-13-11-12-18(21(19)24-7)22(2,3)4/h11-15,20H,1-10H3. The molecule has 0 aliphatic heterocycles. The fourth-order valence-corrected chi connectivity index (χ4v) is 6.14. The van der Waals surface area contributed by atoms with Gasteiger partial charge in [0.2, 0.25) is 0 Å². The van der Waals surface area contributed by atoms with Gasteiger partial charge in [-0.3, -0.25) is 0 Å². The number of hydrogen-bond acceptors (Lipinski definition) is 1. The van der Waals surface area contributed by atoms with Crippen LogP contribution in [0.5, 0.6) is 5.75 Å². The van der Waals surface area contributed by atoms with Crippen molar-refractivity contribution in [2.24, 2.45) is 0 Å². The van der Waals surface area contributed by atoms with E-state index in [4.69, 9.17) is 4.74 Å². The lowest BCUT2D eigenvalue weighted by atomic mass is 9.74. The maximum atomic E-state index is 5.93. The van der Waals surface area contributed by atoms with E-state index < -0.39 is 8.07 Å². The highest BCUT2D eigenvalue weighted by molar-refractivity contribution is 6.78. The van der Waals surface area contributed by atoms with Crippen LogP contribution in [0.2, 0.25) is 25.2 Å². The van der Waals surface area contributed by atoms with Gasteiger partial charge >= 0.3 is 0 Å². The van der Waals surface area contributed by atoms with Gasteiger partial charge in [-0.05, 0) is 29.0 Å². The van der Waals surface area contributed by atoms with Crippen LogP contribution in [0.25, 0.3) is 0 Å². The van der Waals surface area contributed by atoms with Gasteiger partial charge in [0.15, 0.2) is 0 Å². The minimum absolute atomic E-state index is 0.0636. The Kier molecular flexibility index (Phi) is 5.18. The summed E-state index contributed by atoms with van der Waals surface area (Å²) in [6.07, 6.45) is 4.96. The number of rotatable bonds is 4. The van der Waals surface area contributed by atoms with E-state index in [0.29, 0.717) is 5.54 Å². The molecule has 1 aliphatic carbocycles. The number of para-hydroxylation sites is 1. The van der Waals surface area contributed by atoms with Crippen LogP contribution in [0, 0.1) is 0 Å². The molecule has 1 atom stereocenters. The van der Waals surface area contributed by atoms with Crippen LogP contribution in [0.4, 0.5) is 0 Å². The first kappa shape index (κ1) is 20.0. The summed E-state index contributed by atoms with van der Waals surface area (Å²) in [7, 11) is 0.557. The van der Waals surface area contributed by atoms with Crippen molar-refractivity contribution in [3.05, 3.63) is 52.6 Å². The summed E-state index contributed by atoms with van der Waals surface area (Å²) in [6, 6.07) is 6.62. The molecule has 0 aromatic heterocycles. The van der Waals surface area contributed by atoms with Gasteiger partial charge in [-0.15, -0.1) is 0 Å². The van der Waals surface area contributed by atoms with Crippen LogP contribution >= 0.6 is 0 Å². The molecule has 1 nitrogen and oxygen atoms in total. The lowest BCUT2D eigenvalue weighted by Crippen LogP contribution is -2.27. The van der Waals surface area contributed by atoms with E-state index >= 15 is 0 Å². The zero-order valence-corrected chi connectivity index (χ0v) is 18.9. The van der Waals surface area contributed by atoms with E-state index in [1.807, 2.05) is 0 Å². The van der Waals surface area contributed by atoms with E-state index in [9.17, 15) is 0 Å². The third kappa shape index (κ3) is 3.79. The van der Waals surface area contributed by atoms with Gasteiger partial charge in [0.05, 0.1) is 15.2 Å². The summed E-state index contributed by atoms with van der Waals surface area (Å²) in [5.74, 6) is 1.04. The maximum Gasteiger partial charge on any atom is 0.126 e. The number of allylic oxidation sites excluding steroid dienone is 4. The summed E-state index contributed by atoms with van der Waals surface area (Å²) in [5, 5.41) is 0. The third-order valence-corrected chi connectivity index (χ3v) is 8.06. The van der Waals surface area contributed by atoms with E-state index in [2.05, 4.69) is 91.5 Å². The van der Waals surface area contributed by atoms with Crippen molar-refractivity contribution in [3.63, 3.8) is 0 Å². The van der Waals surface area contributed by atoms with Gasteiger partial charge in [-0.1, -0.05) is 90.2 Å². The minimum atomic E-state index is -1.25. The van der Waals surface area contributed by atoms with Crippen LogP contribution < -0.4 is 4.74 Å². The van der Waals surface area contributed by atoms with Crippen molar-refractivity contribution in [2.45, 2.75) is 77.6 Å². The zero-order chi connectivity index (χ0) is 19.2. The Balaban J connectivity index is 2.59. The normalized spacial score (nSPS) is 18.9. The lowest BCUT2D eigenvalue weighted by Gasteiger charge is -2.32. The summed E-state index contributed by atoms with van der Waals surface area (Å²) in [6.45, 7) is 21.1. The van der Waals surface area contributed by atoms with Crippen molar-refractivity contribution >= 4 is 8.07 Å². The summed E-state index contributed by atoms with van der Waals surface area (Å²) < 4.78 is 5.93. The van der Waals surface area contributed by atoms with Crippen LogP contribution in [0.1, 0.15) is 52.7 Å². The Morgan fingerprint density at radius 1 is 0.960 bits per heavy atom. The Bertz CT molecular complexity index is 709. The molecule has 0 radical (unpaired) electrons. The highest BCUT2D eigenvalue weighted by Gasteiger charge is 2.36. The summed E-state index contributed by atoms with van der Waals surface area (Å²) in [5.41, 5.74) is 6.15. The molecule has 0 spiro atoms. The fraction of sp³-hybridized carbons (Fsp3) is 0.565. The third-order valence-electron chi connectivity index (χ3n) is 5.58. The van der Waals surface area contributed by atoms with Crippen molar-refractivity contribution in [1.82, 2.24) is 0 Å². The highest BCUT2D eigenvalue weighted by Crippen LogP contribution is 2.47. The average Bonchev–Trinajstić information content (AvgIpc) is 2.88. The molecule has 25 heavy (non-hydrogen) atoms. The Hall–Kier alpha value is -1.28. The molecular formula is C23H36OSi. The van der Waals surface area contributed by atoms with E-state index in [1.165, 1.54) is 22.3 Å². The second-order valence-corrected chi connectivity index (χ2v) is 15.5. The van der Waals surface area contributed by atoms with Crippen LogP contribution in [0.3, 0.4) is 0 Å². The summed E-state index contributed by atoms with van der Waals surface area (Å²) >= 11 is 0. The number of methoxy groups -OCH3 is 1. The molecule has 138 valence electrons. The molecule has 2 rings (SSSR count). The zero-order valence-electron chi connectivity index (χ0n) is 17.9. The molecule has 1 aromatic rings. The van der Waals surface area contributed by atoms with Gasteiger partial charge in [-0.2, -0.15) is 0 Å². The largest absolute Gasteiger partial charge is 0.496 e. The Morgan fingerprint density at radius 2 is 1.52 bits per heavy atom. The predicted octanol–water partition coefficient (Wildman–Crippen LogP) is 6.87. The highest BCUT2D eigenvalue weighted by atomic mass is 28.3. The molecule has 0 heterocycles. The average molecular weight is 357 g/mol. The van der Waals surface area contributed by atoms with E-state index in [0.717, 1.165) is 5.75 Å². The monoisotopic (exact) mass is 356 g/mol. The van der Waals surface area contributed by atoms with Crippen LogP contribution in [-0.4, -0.2) is 15.2 Å². The second-order valence-electron chi connectivity index (χ2n) is 10.1. The molecule has 0 fully saturated rings. The van der Waals surface area contributed by atoms with Crippen LogP contribution in [-0.2, 0) is 10.8 Å². The Morgan fingerprint density at radius 3 is 1.96 bits per heavy atom. The second kappa shape index (κ2) is 6.46. The molecule has 0 amide bonds. The SMILES string of the molecule is COc1c(C(C)(C)C)cccc1C(C)(C)C1=CC([Si](C)(C)C)C(C)=C1. The molecule has 0 N–H and O–H groups in total. The maximum absolute atomic E-state index is 5.93. The molecule has 0 bridgehead atoms. The smallest absolute Gasteiger partial charge is 0.126 e. The van der Waals surface area contributed by atoms with Crippen molar-refractivity contribution < 1.29 is 4.74 Å². The Labute approximate surface area is 156 Å². The molecule has 0 saturated heterocycles. The first-order chi connectivity index (χ1) is 11.3. The van der Waals surface area contributed by atoms with E-state index in [-0.39, 0.29) is 10.8 Å².